The van der Waals surface area contributed by atoms with Gasteiger partial charge in [0.05, 0.1) is 31.3 Å². The van der Waals surface area contributed by atoms with Gasteiger partial charge in [0.15, 0.2) is 5.65 Å². The molecule has 8 nitrogen and oxygen atoms in total. The van der Waals surface area contributed by atoms with Crippen molar-refractivity contribution in [3.8, 4) is 0 Å². The molecular formula is C11H14N4O4. The zero-order chi connectivity index (χ0) is 13.6. The van der Waals surface area contributed by atoms with Crippen LogP contribution >= 0.6 is 0 Å². The highest BCUT2D eigenvalue weighted by Crippen LogP contribution is 2.40. The highest BCUT2D eigenvalue weighted by atomic mass is 16.5. The number of hydrogen-bond donors (Lipinski definition) is 3. The van der Waals surface area contributed by atoms with E-state index in [0.717, 1.165) is 4.52 Å². The van der Waals surface area contributed by atoms with Crippen molar-refractivity contribution in [3.63, 3.8) is 0 Å². The van der Waals surface area contributed by atoms with Crippen molar-refractivity contribution in [2.45, 2.75) is 31.2 Å². The van der Waals surface area contributed by atoms with Crippen LogP contribution in [-0.2, 0) is 4.74 Å². The van der Waals surface area contributed by atoms with Gasteiger partial charge in [0, 0.05) is 12.0 Å². The monoisotopic (exact) mass is 266 g/mol. The Balaban J connectivity index is 2.03. The predicted molar refractivity (Wildman–Crippen MR) is 63.5 cm³/mol. The topological polar surface area (TPSA) is 113 Å². The average Bonchev–Trinajstić information content (AvgIpc) is 2.94. The number of aliphatic hydroxyl groups excluding tert-OH is 2. The number of hydrogen-bond acceptors (Lipinski definition) is 6. The van der Waals surface area contributed by atoms with Crippen molar-refractivity contribution in [3.05, 3.63) is 28.6 Å². The number of fused-ring (bicyclic) bond motifs is 1. The Morgan fingerprint density at radius 2 is 2.47 bits per heavy atom. The molecule has 2 aromatic heterocycles. The molecule has 3 heterocycles. The van der Waals surface area contributed by atoms with E-state index >= 15 is 0 Å². The van der Waals surface area contributed by atoms with Crippen LogP contribution in [0, 0.1) is 0 Å². The third-order valence-electron chi connectivity index (χ3n) is 3.55. The fourth-order valence-electron chi connectivity index (χ4n) is 2.31. The highest BCUT2D eigenvalue weighted by molar-refractivity contribution is 5.47. The van der Waals surface area contributed by atoms with Gasteiger partial charge in [-0.05, 0) is 6.92 Å². The maximum atomic E-state index is 11.5. The molecular weight excluding hydrogens is 252 g/mol. The standard InChI is InChI=1S/C11H14N4O4/c1-11(4-16)8(17)2-7(19-11)6-3-14-15-9(6)12-5-13-10(15)18/h3,5,7-8,16-17H,2,4H2,1H3,(H,12,13,18)/t7-,8+,11-/m1/s1. The first-order valence-corrected chi connectivity index (χ1v) is 5.93. The number of aromatic nitrogens is 4. The Labute approximate surface area is 107 Å². The third kappa shape index (κ3) is 1.76. The normalized spacial score (nSPS) is 31.1. The van der Waals surface area contributed by atoms with E-state index in [1.807, 2.05) is 0 Å². The molecule has 1 aliphatic heterocycles. The van der Waals surface area contributed by atoms with Gasteiger partial charge < -0.3 is 14.9 Å². The van der Waals surface area contributed by atoms with Crippen LogP contribution in [0.1, 0.15) is 25.0 Å². The number of aliphatic hydroxyl groups is 2. The Hall–Kier alpha value is -1.77. The van der Waals surface area contributed by atoms with Crippen molar-refractivity contribution in [2.75, 3.05) is 6.61 Å². The second kappa shape index (κ2) is 4.12. The van der Waals surface area contributed by atoms with E-state index < -0.39 is 17.8 Å². The van der Waals surface area contributed by atoms with Gasteiger partial charge in [-0.2, -0.15) is 9.61 Å². The number of rotatable bonds is 2. The summed E-state index contributed by atoms with van der Waals surface area (Å²) >= 11 is 0. The van der Waals surface area contributed by atoms with E-state index in [4.69, 9.17) is 4.74 Å². The lowest BCUT2D eigenvalue weighted by Crippen LogP contribution is -2.39. The Bertz CT molecular complexity index is 666. The molecule has 0 saturated carbocycles. The van der Waals surface area contributed by atoms with Crippen molar-refractivity contribution in [1.82, 2.24) is 19.6 Å². The van der Waals surface area contributed by atoms with Gasteiger partial charge in [0.2, 0.25) is 0 Å². The smallest absolute Gasteiger partial charge is 0.349 e. The molecule has 0 radical (unpaired) electrons. The quantitative estimate of drug-likeness (QED) is 0.642. The van der Waals surface area contributed by atoms with E-state index in [9.17, 15) is 15.0 Å². The summed E-state index contributed by atoms with van der Waals surface area (Å²) in [6.45, 7) is 1.36. The summed E-state index contributed by atoms with van der Waals surface area (Å²) < 4.78 is 6.84. The van der Waals surface area contributed by atoms with E-state index in [0.29, 0.717) is 17.6 Å². The molecule has 3 atom stereocenters. The number of ether oxygens (including phenoxy) is 1. The molecule has 0 bridgehead atoms. The second-order valence-corrected chi connectivity index (χ2v) is 4.87. The Morgan fingerprint density at radius 3 is 3.16 bits per heavy atom. The molecule has 3 rings (SSSR count). The molecule has 3 N–H and O–H groups in total. The minimum atomic E-state index is -1.000. The molecule has 2 aromatic rings. The molecule has 0 amide bonds. The molecule has 1 aliphatic rings. The number of nitrogens with one attached hydrogen (secondary N) is 1. The molecule has 19 heavy (non-hydrogen) atoms. The first kappa shape index (κ1) is 12.3. The lowest BCUT2D eigenvalue weighted by molar-refractivity contribution is -0.0991. The summed E-state index contributed by atoms with van der Waals surface area (Å²) in [4.78, 5) is 18.0. The van der Waals surface area contributed by atoms with Crippen molar-refractivity contribution < 1.29 is 14.9 Å². The molecule has 0 aromatic carbocycles. The summed E-state index contributed by atoms with van der Waals surface area (Å²) in [7, 11) is 0. The molecule has 1 saturated heterocycles. The van der Waals surface area contributed by atoms with Crippen LogP contribution in [0.5, 0.6) is 0 Å². The number of aromatic amines is 1. The van der Waals surface area contributed by atoms with Gasteiger partial charge in [-0.1, -0.05) is 0 Å². The zero-order valence-electron chi connectivity index (χ0n) is 10.3. The molecule has 0 aliphatic carbocycles. The Morgan fingerprint density at radius 1 is 1.68 bits per heavy atom. The predicted octanol–water partition coefficient (Wildman–Crippen LogP) is -1.01. The first-order chi connectivity index (χ1) is 9.05. The zero-order valence-corrected chi connectivity index (χ0v) is 10.3. The van der Waals surface area contributed by atoms with Gasteiger partial charge in [-0.3, -0.25) is 4.98 Å². The molecule has 0 spiro atoms. The minimum Gasteiger partial charge on any atom is -0.393 e. The van der Waals surface area contributed by atoms with Crippen molar-refractivity contribution in [1.29, 1.82) is 0 Å². The van der Waals surface area contributed by atoms with Crippen LogP contribution < -0.4 is 5.69 Å². The van der Waals surface area contributed by atoms with Gasteiger partial charge in [0.25, 0.3) is 0 Å². The van der Waals surface area contributed by atoms with E-state index in [1.165, 1.54) is 12.5 Å². The fraction of sp³-hybridized carbons (Fsp3) is 0.545. The van der Waals surface area contributed by atoms with Crippen LogP contribution in [0.2, 0.25) is 0 Å². The van der Waals surface area contributed by atoms with Crippen LogP contribution in [0.3, 0.4) is 0 Å². The molecule has 8 heteroatoms. The first-order valence-electron chi connectivity index (χ1n) is 5.93. The van der Waals surface area contributed by atoms with Crippen LogP contribution in [0.25, 0.3) is 5.65 Å². The molecule has 0 unspecified atom stereocenters. The summed E-state index contributed by atoms with van der Waals surface area (Å²) in [5.74, 6) is 0. The van der Waals surface area contributed by atoms with Gasteiger partial charge in [-0.25, -0.2) is 9.78 Å². The summed E-state index contributed by atoms with van der Waals surface area (Å²) in [5.41, 5.74) is -0.370. The second-order valence-electron chi connectivity index (χ2n) is 4.87. The molecule has 102 valence electrons. The minimum absolute atomic E-state index is 0.280. The van der Waals surface area contributed by atoms with Gasteiger partial charge >= 0.3 is 5.69 Å². The van der Waals surface area contributed by atoms with Crippen LogP contribution in [0.4, 0.5) is 0 Å². The lowest BCUT2D eigenvalue weighted by Gasteiger charge is -2.24. The fourth-order valence-corrected chi connectivity index (χ4v) is 2.31. The van der Waals surface area contributed by atoms with Gasteiger partial charge in [-0.15, -0.1) is 0 Å². The van der Waals surface area contributed by atoms with Crippen LogP contribution in [0.15, 0.2) is 17.3 Å². The molecule has 1 fully saturated rings. The third-order valence-corrected chi connectivity index (χ3v) is 3.55. The van der Waals surface area contributed by atoms with E-state index in [-0.39, 0.29) is 12.3 Å². The van der Waals surface area contributed by atoms with Crippen molar-refractivity contribution >= 4 is 5.65 Å². The maximum Gasteiger partial charge on any atom is 0.349 e. The average molecular weight is 266 g/mol. The van der Waals surface area contributed by atoms with Gasteiger partial charge in [0.1, 0.15) is 5.60 Å². The van der Waals surface area contributed by atoms with Crippen LogP contribution in [-0.4, -0.2) is 48.1 Å². The highest BCUT2D eigenvalue weighted by Gasteiger charge is 2.45. The number of nitrogens with zero attached hydrogens (tertiary/aromatic N) is 3. The summed E-state index contributed by atoms with van der Waals surface area (Å²) in [6, 6.07) is 0. The Kier molecular flexibility index (Phi) is 2.66. The van der Waals surface area contributed by atoms with E-state index in [2.05, 4.69) is 15.1 Å². The SMILES string of the molecule is C[C@]1(CO)O[C@@H](c2cnn3c(=O)[nH]cnc23)C[C@@H]1O. The maximum absolute atomic E-state index is 11.5. The summed E-state index contributed by atoms with van der Waals surface area (Å²) in [5, 5.41) is 23.2. The summed E-state index contributed by atoms with van der Waals surface area (Å²) in [6.07, 6.45) is 1.89. The number of H-pyrrole nitrogens is 1. The lowest BCUT2D eigenvalue weighted by atomic mass is 9.99. The van der Waals surface area contributed by atoms with Crippen molar-refractivity contribution in [2.24, 2.45) is 0 Å². The largest absolute Gasteiger partial charge is 0.393 e. The van der Waals surface area contributed by atoms with E-state index in [1.54, 1.807) is 6.92 Å².